The predicted octanol–water partition coefficient (Wildman–Crippen LogP) is -4.69. The average Bonchev–Trinajstić information content (AvgIpc) is 3.37. The maximum Gasteiger partial charge on any atom is 0.246 e. The number of aliphatic hydroxyl groups excluding tert-OH is 1. The van der Waals surface area contributed by atoms with Gasteiger partial charge in [-0.05, 0) is 5.92 Å². The molecule has 17 nitrogen and oxygen atoms in total. The minimum Gasteiger partial charge on any atom is -0.391 e. The molecule has 1 aliphatic heterocycles. The molecule has 43 heavy (non-hydrogen) atoms. The molecule has 0 spiro atoms. The fraction of sp³-hybridized carbons (Fsp3) is 0.720. The Hall–Kier alpha value is -3.48. The lowest BCUT2D eigenvalue weighted by atomic mass is 9.98. The highest BCUT2D eigenvalue weighted by atomic mass is 32.1. The SMILES string of the molecule is CC[C@H](C)[C@H](NC(=O)CNCOC)C(=O)NCC(=O)N[C@@H](CS)C(=O)N[C@@H](CC(N)=O)C(=O)N1C[C@H](O)C[C@H]1C(=O)NC. The molecule has 0 aromatic rings. The molecule has 0 aromatic carbocycles. The van der Waals surface area contributed by atoms with Crippen molar-refractivity contribution in [1.82, 2.24) is 36.8 Å². The molecule has 1 saturated heterocycles. The van der Waals surface area contributed by atoms with Gasteiger partial charge in [0.25, 0.3) is 0 Å². The Balaban J connectivity index is 2.85. The summed E-state index contributed by atoms with van der Waals surface area (Å²) in [5.41, 5.74) is 5.28. The number of aliphatic hydroxyl groups is 1. The Labute approximate surface area is 255 Å². The Bertz CT molecular complexity index is 1020. The van der Waals surface area contributed by atoms with E-state index in [9.17, 15) is 38.7 Å². The number of rotatable bonds is 18. The van der Waals surface area contributed by atoms with Gasteiger partial charge in [0.15, 0.2) is 0 Å². The molecule has 0 saturated carbocycles. The van der Waals surface area contributed by atoms with Crippen LogP contribution < -0.4 is 37.6 Å². The summed E-state index contributed by atoms with van der Waals surface area (Å²) >= 11 is 4.08. The van der Waals surface area contributed by atoms with E-state index < -0.39 is 84.6 Å². The molecule has 244 valence electrons. The number of carbonyl (C=O) groups excluding carboxylic acids is 7. The van der Waals surface area contributed by atoms with Gasteiger partial charge in [-0.3, -0.25) is 38.9 Å². The van der Waals surface area contributed by atoms with Crippen molar-refractivity contribution in [3.63, 3.8) is 0 Å². The van der Waals surface area contributed by atoms with Crippen LogP contribution in [0.2, 0.25) is 0 Å². The van der Waals surface area contributed by atoms with E-state index in [4.69, 9.17) is 10.5 Å². The van der Waals surface area contributed by atoms with E-state index in [0.29, 0.717) is 6.42 Å². The second kappa shape index (κ2) is 18.9. The monoisotopic (exact) mass is 632 g/mol. The van der Waals surface area contributed by atoms with Gasteiger partial charge in [-0.15, -0.1) is 0 Å². The first-order valence-corrected chi connectivity index (χ1v) is 14.4. The van der Waals surface area contributed by atoms with Gasteiger partial charge in [0.1, 0.15) is 24.2 Å². The van der Waals surface area contributed by atoms with Crippen LogP contribution in [-0.2, 0) is 38.3 Å². The van der Waals surface area contributed by atoms with Crippen molar-refractivity contribution in [1.29, 1.82) is 0 Å². The molecule has 0 unspecified atom stereocenters. The Morgan fingerprint density at radius 3 is 2.23 bits per heavy atom. The van der Waals surface area contributed by atoms with Gasteiger partial charge in [0, 0.05) is 32.9 Å². The molecule has 1 fully saturated rings. The highest BCUT2D eigenvalue weighted by Crippen LogP contribution is 2.20. The molecule has 1 heterocycles. The zero-order valence-corrected chi connectivity index (χ0v) is 25.7. The molecule has 0 aliphatic carbocycles. The van der Waals surface area contributed by atoms with E-state index >= 15 is 0 Å². The number of nitrogens with zero attached hydrogens (tertiary/aromatic N) is 1. The van der Waals surface area contributed by atoms with Gasteiger partial charge in [0.05, 0.1) is 32.3 Å². The van der Waals surface area contributed by atoms with E-state index in [1.54, 1.807) is 6.92 Å². The van der Waals surface area contributed by atoms with Gasteiger partial charge in [-0.25, -0.2) is 0 Å². The van der Waals surface area contributed by atoms with Crippen molar-refractivity contribution < 1.29 is 43.4 Å². The third-order valence-electron chi connectivity index (χ3n) is 6.73. The molecule has 9 N–H and O–H groups in total. The second-order valence-corrected chi connectivity index (χ2v) is 10.4. The smallest absolute Gasteiger partial charge is 0.246 e. The summed E-state index contributed by atoms with van der Waals surface area (Å²) in [6.07, 6.45) is -1.07. The van der Waals surface area contributed by atoms with Crippen LogP contribution in [0.5, 0.6) is 0 Å². The Morgan fingerprint density at radius 1 is 1.02 bits per heavy atom. The zero-order valence-electron chi connectivity index (χ0n) is 24.8. The van der Waals surface area contributed by atoms with Crippen LogP contribution in [-0.4, -0.2) is 128 Å². The summed E-state index contributed by atoms with van der Waals surface area (Å²) in [7, 11) is 2.82. The number of carbonyl (C=O) groups is 7. The maximum absolute atomic E-state index is 13.2. The van der Waals surface area contributed by atoms with Crippen molar-refractivity contribution >= 4 is 54.0 Å². The number of nitrogens with two attached hydrogens (primary N) is 1. The van der Waals surface area contributed by atoms with Crippen LogP contribution in [0.3, 0.4) is 0 Å². The van der Waals surface area contributed by atoms with Crippen LogP contribution in [0.15, 0.2) is 0 Å². The molecule has 1 rings (SSSR count). The van der Waals surface area contributed by atoms with Gasteiger partial charge >= 0.3 is 0 Å². The van der Waals surface area contributed by atoms with Gasteiger partial charge in [-0.2, -0.15) is 12.6 Å². The molecule has 0 radical (unpaired) electrons. The molecule has 6 atom stereocenters. The van der Waals surface area contributed by atoms with Crippen LogP contribution in [0.1, 0.15) is 33.1 Å². The third kappa shape index (κ3) is 12.3. The molecular weight excluding hydrogens is 588 g/mol. The van der Waals surface area contributed by atoms with Crippen LogP contribution in [0.4, 0.5) is 0 Å². The zero-order chi connectivity index (χ0) is 32.7. The number of ether oxygens (including phenoxy) is 1. The van der Waals surface area contributed by atoms with Crippen molar-refractivity contribution in [3.05, 3.63) is 0 Å². The van der Waals surface area contributed by atoms with Crippen LogP contribution in [0.25, 0.3) is 0 Å². The summed E-state index contributed by atoms with van der Waals surface area (Å²) in [4.78, 5) is 88.7. The lowest BCUT2D eigenvalue weighted by molar-refractivity contribution is -0.142. The number of hydrogen-bond donors (Lipinski definition) is 9. The first kappa shape index (κ1) is 37.5. The Morgan fingerprint density at radius 2 is 1.67 bits per heavy atom. The minimum absolute atomic E-state index is 0.0318. The normalized spacial score (nSPS) is 18.9. The number of thiol groups is 1. The fourth-order valence-corrected chi connectivity index (χ4v) is 4.51. The van der Waals surface area contributed by atoms with Crippen molar-refractivity contribution in [2.45, 2.75) is 63.4 Å². The maximum atomic E-state index is 13.2. The quantitative estimate of drug-likeness (QED) is 0.0397. The summed E-state index contributed by atoms with van der Waals surface area (Å²) in [5, 5.41) is 25.0. The van der Waals surface area contributed by atoms with E-state index in [1.807, 2.05) is 6.92 Å². The number of primary amides is 1. The molecule has 0 aromatic heterocycles. The number of likely N-dealkylation sites (tertiary alicyclic amines) is 1. The van der Waals surface area contributed by atoms with E-state index in [0.717, 1.165) is 4.90 Å². The number of nitrogens with one attached hydrogen (secondary N) is 6. The highest BCUT2D eigenvalue weighted by Gasteiger charge is 2.42. The molecule has 7 amide bonds. The Kier molecular flexibility index (Phi) is 16.5. The van der Waals surface area contributed by atoms with Crippen molar-refractivity contribution in [2.75, 3.05) is 46.3 Å². The molecule has 1 aliphatic rings. The first-order valence-electron chi connectivity index (χ1n) is 13.7. The molecule has 18 heteroatoms. The molecule has 0 bridgehead atoms. The summed E-state index contributed by atoms with van der Waals surface area (Å²) in [6, 6.07) is -4.72. The van der Waals surface area contributed by atoms with Gasteiger partial charge in [0.2, 0.25) is 41.4 Å². The van der Waals surface area contributed by atoms with Crippen molar-refractivity contribution in [3.8, 4) is 0 Å². The number of amides is 7. The van der Waals surface area contributed by atoms with Gasteiger partial charge in [-0.1, -0.05) is 20.3 Å². The standard InChI is InChI=1S/C25H44N8O9S/c1-5-13(2)21(32-19(36)8-28-12-42-4)24(40)29-9-20(37)30-16(11-43)22(38)31-15(7-18(26)35)25(41)33-10-14(34)6-17(33)23(39)27-3/h13-17,21,28,34,43H,5-12H2,1-4H3,(H2,26,35)(H,27,39)(H,29,40)(H,30,37)(H,31,38)(H,32,36)/t13-,14+,15-,16-,17-,21-/m0/s1. The summed E-state index contributed by atoms with van der Waals surface area (Å²) in [6.45, 7) is 2.92. The lowest BCUT2D eigenvalue weighted by Crippen LogP contribution is -2.58. The lowest BCUT2D eigenvalue weighted by Gasteiger charge is -2.28. The number of hydrogen-bond acceptors (Lipinski definition) is 11. The summed E-state index contributed by atoms with van der Waals surface area (Å²) in [5.74, 6) is -5.43. The molecular formula is C25H44N8O9S. The summed E-state index contributed by atoms with van der Waals surface area (Å²) < 4.78 is 4.82. The van der Waals surface area contributed by atoms with Gasteiger partial charge < -0.3 is 47.1 Å². The van der Waals surface area contributed by atoms with Crippen molar-refractivity contribution in [2.24, 2.45) is 11.7 Å². The fourth-order valence-electron chi connectivity index (χ4n) is 4.26. The predicted molar refractivity (Wildman–Crippen MR) is 156 cm³/mol. The average molecular weight is 633 g/mol. The number of likely N-dealkylation sites (N-methyl/N-ethyl adjacent to an activating group) is 1. The highest BCUT2D eigenvalue weighted by molar-refractivity contribution is 7.80. The third-order valence-corrected chi connectivity index (χ3v) is 7.10. The number of β-amino-alcohol motifs (C(OH)–C–C–N with tert-alkyl or cyclic N) is 1. The van der Waals surface area contributed by atoms with Crippen LogP contribution in [0, 0.1) is 5.92 Å². The number of methoxy groups -OCH3 is 1. The largest absolute Gasteiger partial charge is 0.391 e. The first-order chi connectivity index (χ1) is 20.3. The topological polar surface area (TPSA) is 250 Å². The van der Waals surface area contributed by atoms with E-state index in [1.165, 1.54) is 14.2 Å². The van der Waals surface area contributed by atoms with E-state index in [2.05, 4.69) is 44.5 Å². The van der Waals surface area contributed by atoms with Crippen LogP contribution >= 0.6 is 12.6 Å². The minimum atomic E-state index is -1.49. The van der Waals surface area contributed by atoms with E-state index in [-0.39, 0.29) is 37.9 Å². The second-order valence-electron chi connectivity index (χ2n) is 10.1.